The molecule has 0 saturated carbocycles. The minimum atomic E-state index is -1.58. The zero-order valence-electron chi connectivity index (χ0n) is 55.9. The summed E-state index contributed by atoms with van der Waals surface area (Å²) in [6.45, 7) is 3.66. The van der Waals surface area contributed by atoms with E-state index in [1.807, 2.05) is 6.08 Å². The minimum absolute atomic E-state index is 0.205. The Balaban J connectivity index is 2.19. The van der Waals surface area contributed by atoms with Crippen molar-refractivity contribution in [2.24, 2.45) is 0 Å². The van der Waals surface area contributed by atoms with Gasteiger partial charge < -0.3 is 40.3 Å². The summed E-state index contributed by atoms with van der Waals surface area (Å²) in [6, 6.07) is -0.832. The zero-order chi connectivity index (χ0) is 63.5. The molecule has 0 aromatic carbocycles. The molecule has 9 heteroatoms. The lowest BCUT2D eigenvalue weighted by molar-refractivity contribution is -0.302. The van der Waals surface area contributed by atoms with Crippen LogP contribution in [0.2, 0.25) is 0 Å². The summed E-state index contributed by atoms with van der Waals surface area (Å²) in [6.07, 6.45) is 96.2. The van der Waals surface area contributed by atoms with E-state index in [9.17, 15) is 30.3 Å². The molecule has 7 atom stereocenters. The van der Waals surface area contributed by atoms with Crippen molar-refractivity contribution < 1.29 is 39.8 Å². The molecule has 88 heavy (non-hydrogen) atoms. The molecule has 1 fully saturated rings. The van der Waals surface area contributed by atoms with E-state index in [2.05, 4.69) is 165 Å². The summed E-state index contributed by atoms with van der Waals surface area (Å²) in [4.78, 5) is 13.1. The number of ether oxygens (including phenoxy) is 2. The number of nitrogens with one attached hydrogen (secondary N) is 1. The van der Waals surface area contributed by atoms with Crippen molar-refractivity contribution in [1.29, 1.82) is 0 Å². The molecular formula is C79H131NO8. The second-order valence-corrected chi connectivity index (χ2v) is 23.9. The molecule has 1 amide bonds. The summed E-state index contributed by atoms with van der Waals surface area (Å²) in [5, 5.41) is 54.7. The van der Waals surface area contributed by atoms with Crippen molar-refractivity contribution in [2.45, 2.75) is 320 Å². The van der Waals surface area contributed by atoms with Gasteiger partial charge in [-0.1, -0.05) is 320 Å². The first-order valence-corrected chi connectivity index (χ1v) is 35.7. The first-order chi connectivity index (χ1) is 43.3. The van der Waals surface area contributed by atoms with Crippen molar-refractivity contribution in [1.82, 2.24) is 5.32 Å². The smallest absolute Gasteiger partial charge is 0.220 e. The number of rotatable bonds is 60. The lowest BCUT2D eigenvalue weighted by Crippen LogP contribution is -2.60. The SMILES string of the molecule is CC/C=C\C/C=C\C/C=C\C/C=C\C/C=C\C/C=C\C/C=C\C/C=C\C/C=C\C/C=C\C/C=C\C/C=C\CCCCCCC(=O)NC(COC1OC(CO)C(O)C(O)C1O)C(O)/C=C/CCCCCCCCCCCCCCCCCCCCCCCC. The Labute approximate surface area is 539 Å². The normalized spacial score (nSPS) is 18.9. The molecule has 0 radical (unpaired) electrons. The molecular weight excluding hydrogens is 1090 g/mol. The third-order valence-corrected chi connectivity index (χ3v) is 15.9. The molecule has 0 bridgehead atoms. The third kappa shape index (κ3) is 53.6. The monoisotopic (exact) mass is 1220 g/mol. The van der Waals surface area contributed by atoms with Crippen molar-refractivity contribution in [3.8, 4) is 0 Å². The van der Waals surface area contributed by atoms with Crippen LogP contribution in [0.25, 0.3) is 0 Å². The summed E-state index contributed by atoms with van der Waals surface area (Å²) in [5.41, 5.74) is 0. The highest BCUT2D eigenvalue weighted by molar-refractivity contribution is 5.76. The first-order valence-electron chi connectivity index (χ1n) is 35.7. The van der Waals surface area contributed by atoms with Crippen LogP contribution < -0.4 is 5.32 Å². The van der Waals surface area contributed by atoms with Crippen LogP contribution in [-0.2, 0) is 14.3 Å². The Bertz CT molecular complexity index is 1950. The highest BCUT2D eigenvalue weighted by Crippen LogP contribution is 2.23. The summed E-state index contributed by atoms with van der Waals surface area (Å²) in [5.74, 6) is -0.205. The largest absolute Gasteiger partial charge is 0.394 e. The maximum absolute atomic E-state index is 13.1. The summed E-state index contributed by atoms with van der Waals surface area (Å²) in [7, 11) is 0. The molecule has 6 N–H and O–H groups in total. The van der Waals surface area contributed by atoms with E-state index in [1.54, 1.807) is 6.08 Å². The van der Waals surface area contributed by atoms with Gasteiger partial charge in [0.1, 0.15) is 24.4 Å². The van der Waals surface area contributed by atoms with Crippen LogP contribution in [0.4, 0.5) is 0 Å². The average Bonchev–Trinajstić information content (AvgIpc) is 3.31. The van der Waals surface area contributed by atoms with E-state index in [1.165, 1.54) is 128 Å². The van der Waals surface area contributed by atoms with Gasteiger partial charge in [-0.2, -0.15) is 0 Å². The fourth-order valence-corrected chi connectivity index (χ4v) is 10.3. The van der Waals surface area contributed by atoms with Gasteiger partial charge in [0, 0.05) is 6.42 Å². The topological polar surface area (TPSA) is 149 Å². The standard InChI is InChI=1S/C79H131NO8/c1-3-5-7-9-11-13-15-17-19-21-23-25-27-29-30-31-32-33-34-35-36-37-38-39-40-41-42-43-44-45-47-49-51-53-55-57-59-61-63-65-67-69-75(83)80-72(71-87-79-78(86)77(85)76(84)74(70-81)88-79)73(82)68-66-64-62-60-58-56-54-52-50-48-46-28-26-24-22-20-18-16-14-12-10-8-6-4-2/h5,7,11,13,17,19,23,25,29-30,32-33,35-36,38-39,41-42,44-45,49,51,55,57,66,68,72-74,76-79,81-82,84-86H,3-4,6,8-10,12,14-16,18,20-22,24,26-28,31,34,37,40,43,46-48,50,52-54,56,58-65,67,69-71H2,1-2H3,(H,80,83)/b7-5-,13-11-,19-17-,25-23-,30-29-,33-32-,36-35-,39-38-,42-41-,45-44-,51-49-,57-55-,68-66+. The Morgan fingerprint density at radius 1 is 0.398 bits per heavy atom. The van der Waals surface area contributed by atoms with Gasteiger partial charge in [0.2, 0.25) is 5.91 Å². The van der Waals surface area contributed by atoms with Gasteiger partial charge in [0.05, 0.1) is 25.4 Å². The van der Waals surface area contributed by atoms with Crippen molar-refractivity contribution in [3.63, 3.8) is 0 Å². The Kier molecular flexibility index (Phi) is 61.1. The number of unbranched alkanes of at least 4 members (excludes halogenated alkanes) is 26. The molecule has 0 aromatic heterocycles. The Hall–Kier alpha value is -4.19. The van der Waals surface area contributed by atoms with Gasteiger partial charge >= 0.3 is 0 Å². The van der Waals surface area contributed by atoms with Gasteiger partial charge in [-0.05, 0) is 109 Å². The summed E-state index contributed by atoms with van der Waals surface area (Å²) < 4.78 is 11.3. The number of aliphatic hydroxyl groups is 5. The molecule has 1 saturated heterocycles. The van der Waals surface area contributed by atoms with Crippen LogP contribution in [-0.4, -0.2) is 87.5 Å². The van der Waals surface area contributed by atoms with Crippen LogP contribution in [0.15, 0.2) is 158 Å². The highest BCUT2D eigenvalue weighted by atomic mass is 16.7. The van der Waals surface area contributed by atoms with E-state index in [0.29, 0.717) is 6.42 Å². The van der Waals surface area contributed by atoms with Crippen LogP contribution >= 0.6 is 0 Å². The van der Waals surface area contributed by atoms with Crippen molar-refractivity contribution >= 4 is 5.91 Å². The number of carbonyl (C=O) groups excluding carboxylic acids is 1. The number of hydrogen-bond acceptors (Lipinski definition) is 8. The van der Waals surface area contributed by atoms with Crippen LogP contribution in [0.1, 0.15) is 277 Å². The molecule has 1 rings (SSSR count). The molecule has 500 valence electrons. The van der Waals surface area contributed by atoms with Gasteiger partial charge in [-0.25, -0.2) is 0 Å². The predicted molar refractivity (Wildman–Crippen MR) is 377 cm³/mol. The van der Waals surface area contributed by atoms with Crippen molar-refractivity contribution in [3.05, 3.63) is 158 Å². The number of allylic oxidation sites excluding steroid dienone is 25. The molecule has 1 aliphatic rings. The fraction of sp³-hybridized carbons (Fsp3) is 0.658. The lowest BCUT2D eigenvalue weighted by Gasteiger charge is -2.40. The first kappa shape index (κ1) is 81.8. The lowest BCUT2D eigenvalue weighted by atomic mass is 9.99. The number of carbonyl (C=O) groups is 1. The molecule has 0 spiro atoms. The zero-order valence-corrected chi connectivity index (χ0v) is 55.9. The number of amides is 1. The molecule has 0 aliphatic carbocycles. The minimum Gasteiger partial charge on any atom is -0.394 e. The average molecular weight is 1220 g/mol. The van der Waals surface area contributed by atoms with Gasteiger partial charge in [-0.15, -0.1) is 0 Å². The Morgan fingerprint density at radius 2 is 0.705 bits per heavy atom. The van der Waals surface area contributed by atoms with E-state index in [0.717, 1.165) is 128 Å². The molecule has 1 heterocycles. The van der Waals surface area contributed by atoms with E-state index in [-0.39, 0.29) is 12.5 Å². The number of aliphatic hydroxyl groups excluding tert-OH is 5. The van der Waals surface area contributed by atoms with E-state index < -0.39 is 49.5 Å². The number of hydrogen-bond donors (Lipinski definition) is 6. The highest BCUT2D eigenvalue weighted by Gasteiger charge is 2.44. The quantitative estimate of drug-likeness (QED) is 0.0261. The van der Waals surface area contributed by atoms with Crippen LogP contribution in [0, 0.1) is 0 Å². The van der Waals surface area contributed by atoms with E-state index >= 15 is 0 Å². The van der Waals surface area contributed by atoms with E-state index in [4.69, 9.17) is 9.47 Å². The molecule has 7 unspecified atom stereocenters. The van der Waals surface area contributed by atoms with Crippen LogP contribution in [0.3, 0.4) is 0 Å². The Morgan fingerprint density at radius 3 is 1.05 bits per heavy atom. The maximum Gasteiger partial charge on any atom is 0.220 e. The molecule has 1 aliphatic heterocycles. The second-order valence-electron chi connectivity index (χ2n) is 23.9. The third-order valence-electron chi connectivity index (χ3n) is 15.9. The summed E-state index contributed by atoms with van der Waals surface area (Å²) >= 11 is 0. The van der Waals surface area contributed by atoms with Crippen molar-refractivity contribution in [2.75, 3.05) is 13.2 Å². The molecule has 0 aromatic rings. The van der Waals surface area contributed by atoms with Gasteiger partial charge in [0.15, 0.2) is 6.29 Å². The van der Waals surface area contributed by atoms with Gasteiger partial charge in [-0.3, -0.25) is 4.79 Å². The fourth-order valence-electron chi connectivity index (χ4n) is 10.3. The van der Waals surface area contributed by atoms with Gasteiger partial charge in [0.25, 0.3) is 0 Å². The maximum atomic E-state index is 13.1. The molecule has 9 nitrogen and oxygen atoms in total. The predicted octanol–water partition coefficient (Wildman–Crippen LogP) is 19.9. The van der Waals surface area contributed by atoms with Crippen LogP contribution in [0.5, 0.6) is 0 Å². The second kappa shape index (κ2) is 65.8.